The molecule has 0 aliphatic heterocycles. The third-order valence-electron chi connectivity index (χ3n) is 3.49. The highest BCUT2D eigenvalue weighted by molar-refractivity contribution is 7.07. The minimum atomic E-state index is 0.381. The number of hydrogen-bond acceptors (Lipinski definition) is 4. The molecule has 5 heteroatoms. The second-order valence-electron chi connectivity index (χ2n) is 5.07. The molecule has 2 heterocycles. The number of nitrogens with one attached hydrogen (secondary N) is 1. The van der Waals surface area contributed by atoms with Gasteiger partial charge in [0.25, 0.3) is 0 Å². The third kappa shape index (κ3) is 3.77. The Morgan fingerprint density at radius 3 is 2.67 bits per heavy atom. The molecule has 1 N–H and O–H groups in total. The highest BCUT2D eigenvalue weighted by atomic mass is 32.1. The molecule has 0 radical (unpaired) electrons. The van der Waals surface area contributed by atoms with Crippen LogP contribution in [0, 0.1) is 0 Å². The molecule has 2 aromatic heterocycles. The number of rotatable bonds is 6. The average molecular weight is 298 g/mol. The van der Waals surface area contributed by atoms with Crippen LogP contribution in [0.1, 0.15) is 29.7 Å². The quantitative estimate of drug-likeness (QED) is 0.759. The minimum absolute atomic E-state index is 0.381. The minimum Gasteiger partial charge on any atom is -0.306 e. The fourth-order valence-electron chi connectivity index (χ4n) is 2.17. The second-order valence-corrected chi connectivity index (χ2v) is 5.85. The summed E-state index contributed by atoms with van der Waals surface area (Å²) in [6, 6.07) is 11.2. The van der Waals surface area contributed by atoms with Crippen molar-refractivity contribution in [3.8, 4) is 0 Å². The Kier molecular flexibility index (Phi) is 4.43. The first-order chi connectivity index (χ1) is 10.3. The second kappa shape index (κ2) is 6.65. The van der Waals surface area contributed by atoms with Gasteiger partial charge < -0.3 is 5.32 Å². The van der Waals surface area contributed by atoms with E-state index < -0.39 is 0 Å². The van der Waals surface area contributed by atoms with Gasteiger partial charge in [-0.1, -0.05) is 24.3 Å². The lowest BCUT2D eigenvalue weighted by Crippen LogP contribution is -2.17. The first-order valence-corrected chi connectivity index (χ1v) is 7.91. The van der Waals surface area contributed by atoms with Crippen molar-refractivity contribution in [1.29, 1.82) is 0 Å². The molecule has 4 nitrogen and oxygen atoms in total. The number of benzene rings is 1. The lowest BCUT2D eigenvalue weighted by Gasteiger charge is -2.12. The van der Waals surface area contributed by atoms with E-state index in [0.29, 0.717) is 6.04 Å². The number of nitrogens with zero attached hydrogens (tertiary/aromatic N) is 3. The van der Waals surface area contributed by atoms with Gasteiger partial charge in [0, 0.05) is 12.6 Å². The van der Waals surface area contributed by atoms with Crippen LogP contribution in [0.3, 0.4) is 0 Å². The van der Waals surface area contributed by atoms with Crippen LogP contribution < -0.4 is 5.32 Å². The van der Waals surface area contributed by atoms with Crippen LogP contribution >= 0.6 is 11.3 Å². The fourth-order valence-corrected chi connectivity index (χ4v) is 2.93. The van der Waals surface area contributed by atoms with Crippen LogP contribution in [0.5, 0.6) is 0 Å². The molecule has 3 aromatic rings. The Bertz CT molecular complexity index is 644. The molecule has 0 aliphatic carbocycles. The van der Waals surface area contributed by atoms with E-state index in [1.54, 1.807) is 24.0 Å². The van der Waals surface area contributed by atoms with Crippen molar-refractivity contribution in [1.82, 2.24) is 20.1 Å². The number of aromatic nitrogens is 3. The maximum Gasteiger partial charge on any atom is 0.137 e. The molecule has 1 aromatic carbocycles. The molecule has 21 heavy (non-hydrogen) atoms. The zero-order chi connectivity index (χ0) is 14.5. The summed E-state index contributed by atoms with van der Waals surface area (Å²) < 4.78 is 1.83. The van der Waals surface area contributed by atoms with Crippen molar-refractivity contribution >= 4 is 11.3 Å². The molecular weight excluding hydrogens is 280 g/mol. The summed E-state index contributed by atoms with van der Waals surface area (Å²) in [6.45, 7) is 3.83. The summed E-state index contributed by atoms with van der Waals surface area (Å²) in [4.78, 5) is 3.95. The van der Waals surface area contributed by atoms with Gasteiger partial charge in [-0.25, -0.2) is 9.67 Å². The van der Waals surface area contributed by atoms with E-state index in [1.807, 2.05) is 4.68 Å². The summed E-state index contributed by atoms with van der Waals surface area (Å²) in [5, 5.41) is 12.0. The highest BCUT2D eigenvalue weighted by Gasteiger charge is 2.05. The molecule has 108 valence electrons. The Morgan fingerprint density at radius 2 is 2.00 bits per heavy atom. The summed E-state index contributed by atoms with van der Waals surface area (Å²) >= 11 is 1.74. The number of hydrogen-bond donors (Lipinski definition) is 1. The van der Waals surface area contributed by atoms with Crippen molar-refractivity contribution in [3.63, 3.8) is 0 Å². The van der Waals surface area contributed by atoms with E-state index in [9.17, 15) is 0 Å². The van der Waals surface area contributed by atoms with Crippen LogP contribution in [0.2, 0.25) is 0 Å². The van der Waals surface area contributed by atoms with E-state index in [1.165, 1.54) is 16.7 Å². The maximum atomic E-state index is 4.12. The molecule has 0 amide bonds. The van der Waals surface area contributed by atoms with Crippen LogP contribution in [0.4, 0.5) is 0 Å². The van der Waals surface area contributed by atoms with Gasteiger partial charge in [-0.05, 0) is 40.4 Å². The first kappa shape index (κ1) is 14.0. The average Bonchev–Trinajstić information content (AvgIpc) is 3.19. The molecule has 1 unspecified atom stereocenters. The van der Waals surface area contributed by atoms with E-state index in [2.05, 4.69) is 63.4 Å². The smallest absolute Gasteiger partial charge is 0.137 e. The SMILES string of the molecule is CC(NCc1ccc(Cn2cncn2)cc1)c1ccsc1. The van der Waals surface area contributed by atoms with Gasteiger partial charge in [0.15, 0.2) is 0 Å². The van der Waals surface area contributed by atoms with Gasteiger partial charge >= 0.3 is 0 Å². The standard InChI is InChI=1S/C16H18N4S/c1-13(16-6-7-21-10-16)18-8-14-2-4-15(5-3-14)9-20-12-17-11-19-20/h2-7,10-13,18H,8-9H2,1H3. The van der Waals surface area contributed by atoms with E-state index >= 15 is 0 Å². The zero-order valence-electron chi connectivity index (χ0n) is 11.9. The topological polar surface area (TPSA) is 42.7 Å². The molecule has 0 aliphatic rings. The van der Waals surface area contributed by atoms with Crippen molar-refractivity contribution in [2.45, 2.75) is 26.1 Å². The molecule has 0 spiro atoms. The summed E-state index contributed by atoms with van der Waals surface area (Å²) in [6.07, 6.45) is 3.29. The highest BCUT2D eigenvalue weighted by Crippen LogP contribution is 2.16. The van der Waals surface area contributed by atoms with Gasteiger partial charge in [-0.15, -0.1) is 0 Å². The fraction of sp³-hybridized carbons (Fsp3) is 0.250. The number of thiophene rings is 1. The first-order valence-electron chi connectivity index (χ1n) is 6.97. The van der Waals surface area contributed by atoms with Crippen molar-refractivity contribution in [2.24, 2.45) is 0 Å². The van der Waals surface area contributed by atoms with Crippen molar-refractivity contribution < 1.29 is 0 Å². The lowest BCUT2D eigenvalue weighted by atomic mass is 10.1. The molecular formula is C16H18N4S. The van der Waals surface area contributed by atoms with Gasteiger partial charge in [-0.2, -0.15) is 16.4 Å². The Labute approximate surface area is 128 Å². The van der Waals surface area contributed by atoms with E-state index in [-0.39, 0.29) is 0 Å². The van der Waals surface area contributed by atoms with Crippen LogP contribution in [0.25, 0.3) is 0 Å². The Balaban J connectivity index is 1.55. The van der Waals surface area contributed by atoms with Gasteiger partial charge in [0.1, 0.15) is 12.7 Å². The largest absolute Gasteiger partial charge is 0.306 e. The normalized spacial score (nSPS) is 12.4. The molecule has 3 rings (SSSR count). The Morgan fingerprint density at radius 1 is 1.19 bits per heavy atom. The predicted molar refractivity (Wildman–Crippen MR) is 85.1 cm³/mol. The Hall–Kier alpha value is -1.98. The van der Waals surface area contributed by atoms with Crippen LogP contribution in [0.15, 0.2) is 53.7 Å². The zero-order valence-corrected chi connectivity index (χ0v) is 12.8. The molecule has 0 fully saturated rings. The molecule has 0 bridgehead atoms. The van der Waals surface area contributed by atoms with E-state index in [4.69, 9.17) is 0 Å². The summed E-state index contributed by atoms with van der Waals surface area (Å²) in [5.41, 5.74) is 3.87. The van der Waals surface area contributed by atoms with Gasteiger partial charge in [-0.3, -0.25) is 0 Å². The molecule has 0 saturated carbocycles. The molecule has 0 saturated heterocycles. The van der Waals surface area contributed by atoms with Crippen LogP contribution in [-0.4, -0.2) is 14.8 Å². The maximum absolute atomic E-state index is 4.12. The predicted octanol–water partition coefficient (Wildman–Crippen LogP) is 3.24. The lowest BCUT2D eigenvalue weighted by molar-refractivity contribution is 0.576. The third-order valence-corrected chi connectivity index (χ3v) is 4.19. The van der Waals surface area contributed by atoms with Crippen molar-refractivity contribution in [3.05, 3.63) is 70.4 Å². The van der Waals surface area contributed by atoms with E-state index in [0.717, 1.165) is 13.1 Å². The van der Waals surface area contributed by atoms with Gasteiger partial charge in [0.2, 0.25) is 0 Å². The van der Waals surface area contributed by atoms with Gasteiger partial charge in [0.05, 0.1) is 6.54 Å². The molecule has 1 atom stereocenters. The summed E-state index contributed by atoms with van der Waals surface area (Å²) in [7, 11) is 0. The summed E-state index contributed by atoms with van der Waals surface area (Å²) in [5.74, 6) is 0. The monoisotopic (exact) mass is 298 g/mol. The van der Waals surface area contributed by atoms with Crippen molar-refractivity contribution in [2.75, 3.05) is 0 Å². The van der Waals surface area contributed by atoms with Crippen LogP contribution in [-0.2, 0) is 13.1 Å².